The molecule has 1 aromatic heterocycles. The number of carboxylic acid groups (broad SMARTS) is 1. The van der Waals surface area contributed by atoms with E-state index in [2.05, 4.69) is 5.32 Å². The Morgan fingerprint density at radius 1 is 1.07 bits per heavy atom. The molecule has 2 aromatic rings. The number of halogens is 2. The molecule has 0 spiro atoms. The number of benzene rings is 1. The first-order valence-electron chi connectivity index (χ1n) is 22.0. The average Bonchev–Trinajstić information content (AvgIpc) is 3.90. The van der Waals surface area contributed by atoms with Crippen LogP contribution in [0.4, 0.5) is 14.5 Å². The lowest BCUT2D eigenvalue weighted by atomic mass is 9.44. The molecule has 14 heteroatoms. The second kappa shape index (κ2) is 14.5. The van der Waals surface area contributed by atoms with Gasteiger partial charge in [-0.05, 0) is 122 Å². The lowest BCUT2D eigenvalue weighted by molar-refractivity contribution is -0.223. The number of pyridine rings is 1. The minimum absolute atomic E-state index is 0.0853. The largest absolute Gasteiger partial charge is 0.492 e. The van der Waals surface area contributed by atoms with Crippen molar-refractivity contribution in [1.29, 1.82) is 0 Å². The SMILES string of the molecule is COc1c(N2CC3CCCNC3C2)c(F)c(C)c2c(=O)c(C(=O)O)c(C)n(C3CC3)c12.C[C@@H]1C[C@H]2[C@@H]3CCC4=CC(=O)C=C[C@]4(C)[C@@]3(F)[C@@H](O)C[C@]2(C)[C@@]1(O)C(=O)C(C)(C)O. The Morgan fingerprint density at radius 2 is 1.75 bits per heavy atom. The number of ketones is 2. The normalized spacial score (nSPS) is 36.6. The summed E-state index contributed by atoms with van der Waals surface area (Å²) >= 11 is 0. The molecule has 6 fully saturated rings. The van der Waals surface area contributed by atoms with Gasteiger partial charge in [0.15, 0.2) is 28.8 Å². The van der Waals surface area contributed by atoms with Gasteiger partial charge < -0.3 is 39.9 Å². The van der Waals surface area contributed by atoms with E-state index >= 15 is 8.78 Å². The molecule has 7 aliphatic rings. The summed E-state index contributed by atoms with van der Waals surface area (Å²) in [6.45, 7) is 13.6. The van der Waals surface area contributed by atoms with Crippen LogP contribution in [0, 0.1) is 54.2 Å². The van der Waals surface area contributed by atoms with Crippen molar-refractivity contribution in [1.82, 2.24) is 9.88 Å². The number of alkyl halides is 1. The van der Waals surface area contributed by atoms with Crippen LogP contribution in [0.5, 0.6) is 5.75 Å². The number of ether oxygens (including phenoxy) is 1. The van der Waals surface area contributed by atoms with E-state index in [0.717, 1.165) is 38.8 Å². The number of aliphatic hydroxyl groups excluding tert-OH is 1. The van der Waals surface area contributed by atoms with Crippen LogP contribution in [-0.2, 0) is 9.59 Å². The molecule has 2 unspecified atom stereocenters. The smallest absolute Gasteiger partial charge is 0.341 e. The Morgan fingerprint density at radius 3 is 2.36 bits per heavy atom. The Kier molecular flexibility index (Phi) is 10.4. The number of anilines is 1. The molecule has 9 rings (SSSR count). The standard InChI is InChI=1S/C24H33FO5.C23H28FN3O4/c1-13-10-17-16-7-6-14-11-15(26)8-9-21(14,4)23(16,25)18(27)12-22(17,5)24(13,30)19(28)20(2,3)29;1-11-16-19(27(14-6-7-14)12(2)17(21(16)28)23(29)30)22(31-3)20(18(11)24)26-9-13-5-4-8-25-15(13)10-26/h8-9,11,13,16-18,27,29-30H,6-7,10,12H2,1-5H3;13-15,25H,4-10H2,1-3H3,(H,29,30)/t13-,16+,17+,18+,21+,22+,23+,24+;/m1./s1. The predicted molar refractivity (Wildman–Crippen MR) is 225 cm³/mol. The van der Waals surface area contributed by atoms with Crippen LogP contribution in [0.1, 0.15) is 114 Å². The summed E-state index contributed by atoms with van der Waals surface area (Å²) < 4.78 is 40.5. The predicted octanol–water partition coefficient (Wildman–Crippen LogP) is 5.66. The quantitative estimate of drug-likeness (QED) is 0.242. The number of allylic oxidation sites excluding steroid dienone is 4. The molecule has 5 aliphatic carbocycles. The van der Waals surface area contributed by atoms with E-state index < -0.39 is 68.6 Å². The number of nitrogens with one attached hydrogen (secondary N) is 1. The highest BCUT2D eigenvalue weighted by atomic mass is 19.1. The van der Waals surface area contributed by atoms with Crippen molar-refractivity contribution in [2.24, 2.45) is 34.5 Å². The van der Waals surface area contributed by atoms with E-state index in [1.807, 2.05) is 9.47 Å². The molecule has 2 saturated heterocycles. The number of aliphatic hydroxyl groups is 3. The van der Waals surface area contributed by atoms with Crippen LogP contribution in [0.25, 0.3) is 10.9 Å². The highest BCUT2D eigenvalue weighted by Crippen LogP contribution is 2.71. The molecule has 2 aliphatic heterocycles. The summed E-state index contributed by atoms with van der Waals surface area (Å²) in [4.78, 5) is 52.3. The molecule has 0 radical (unpaired) electrons. The van der Waals surface area contributed by atoms with E-state index in [1.165, 1.54) is 33.1 Å². The lowest BCUT2D eigenvalue weighted by Gasteiger charge is -2.62. The third-order valence-corrected chi connectivity index (χ3v) is 16.4. The number of aromatic carboxylic acids is 1. The van der Waals surface area contributed by atoms with Gasteiger partial charge in [0, 0.05) is 53.2 Å². The van der Waals surface area contributed by atoms with Crippen molar-refractivity contribution in [3.63, 3.8) is 0 Å². The number of nitrogens with zero attached hydrogens (tertiary/aromatic N) is 2. The minimum atomic E-state index is -2.00. The monoisotopic (exact) mass is 849 g/mol. The molecular formula is C47H61F2N3O9. The van der Waals surface area contributed by atoms with Gasteiger partial charge in [0.25, 0.3) is 0 Å². The lowest BCUT2D eigenvalue weighted by Crippen LogP contribution is -2.70. The van der Waals surface area contributed by atoms with Gasteiger partial charge >= 0.3 is 5.97 Å². The number of carbonyl (C=O) groups excluding carboxylic acids is 2. The Labute approximate surface area is 355 Å². The molecule has 5 N–H and O–H groups in total. The molecule has 61 heavy (non-hydrogen) atoms. The zero-order chi connectivity index (χ0) is 44.5. The number of rotatable bonds is 6. The van der Waals surface area contributed by atoms with Gasteiger partial charge in [0.05, 0.1) is 24.1 Å². The van der Waals surface area contributed by atoms with Gasteiger partial charge in [-0.25, -0.2) is 13.6 Å². The second-order valence-electron chi connectivity index (χ2n) is 20.2. The van der Waals surface area contributed by atoms with Crippen LogP contribution >= 0.6 is 0 Å². The van der Waals surface area contributed by atoms with Crippen LogP contribution in [0.15, 0.2) is 28.6 Å². The first kappa shape index (κ1) is 43.7. The number of methoxy groups -OCH3 is 1. The van der Waals surface area contributed by atoms with Gasteiger partial charge in [-0.3, -0.25) is 14.4 Å². The number of carbonyl (C=O) groups is 3. The minimum Gasteiger partial charge on any atom is -0.492 e. The van der Waals surface area contributed by atoms with E-state index in [0.29, 0.717) is 66.0 Å². The molecule has 3 heterocycles. The maximum atomic E-state index is 17.0. The molecular weight excluding hydrogens is 789 g/mol. The van der Waals surface area contributed by atoms with Gasteiger partial charge in [0.1, 0.15) is 22.5 Å². The third kappa shape index (κ3) is 6.08. The molecule has 0 bridgehead atoms. The molecule has 12 nitrogen and oxygen atoms in total. The summed E-state index contributed by atoms with van der Waals surface area (Å²) in [7, 11) is 1.50. The van der Waals surface area contributed by atoms with Gasteiger partial charge in [0.2, 0.25) is 5.43 Å². The van der Waals surface area contributed by atoms with Crippen LogP contribution in [0.3, 0.4) is 0 Å². The number of aryl methyl sites for hydroxylation is 1. The topological polar surface area (TPSA) is 179 Å². The van der Waals surface area contributed by atoms with E-state index in [4.69, 9.17) is 4.74 Å². The zero-order valence-corrected chi connectivity index (χ0v) is 36.5. The molecule has 10 atom stereocenters. The average molecular weight is 850 g/mol. The second-order valence-corrected chi connectivity index (χ2v) is 20.2. The van der Waals surface area contributed by atoms with E-state index in [-0.39, 0.29) is 40.7 Å². The first-order chi connectivity index (χ1) is 28.5. The van der Waals surface area contributed by atoms with Gasteiger partial charge in [-0.1, -0.05) is 25.5 Å². The Hall–Kier alpha value is -3.98. The number of hydrogen-bond acceptors (Lipinski definition) is 10. The maximum Gasteiger partial charge on any atom is 0.341 e. The summed E-state index contributed by atoms with van der Waals surface area (Å²) in [5.41, 5.74) is -6.48. The summed E-state index contributed by atoms with van der Waals surface area (Å²) in [6.07, 6.45) is 8.38. The third-order valence-electron chi connectivity index (χ3n) is 16.4. The summed E-state index contributed by atoms with van der Waals surface area (Å²) in [6, 6.07) is 0.409. The van der Waals surface area contributed by atoms with Crippen molar-refractivity contribution in [3.05, 3.63) is 56.7 Å². The van der Waals surface area contributed by atoms with Crippen LogP contribution < -0.4 is 20.4 Å². The number of aromatic nitrogens is 1. The van der Waals surface area contributed by atoms with Crippen LogP contribution in [-0.4, -0.2) is 98.3 Å². The van der Waals surface area contributed by atoms with Crippen molar-refractivity contribution < 1.29 is 48.3 Å². The van der Waals surface area contributed by atoms with Crippen molar-refractivity contribution in [3.8, 4) is 5.75 Å². The number of Topliss-reactive ketones (excluding diaryl/α,β-unsaturated/α-hetero) is 1. The molecule has 4 saturated carbocycles. The van der Waals surface area contributed by atoms with Crippen molar-refractivity contribution in [2.45, 2.75) is 135 Å². The molecule has 0 amide bonds. The van der Waals surface area contributed by atoms with Crippen molar-refractivity contribution in [2.75, 3.05) is 31.6 Å². The molecule has 1 aromatic carbocycles. The maximum absolute atomic E-state index is 17.0. The highest BCUT2D eigenvalue weighted by Gasteiger charge is 2.76. The van der Waals surface area contributed by atoms with Crippen LogP contribution in [0.2, 0.25) is 0 Å². The van der Waals surface area contributed by atoms with E-state index in [1.54, 1.807) is 40.7 Å². The fourth-order valence-corrected chi connectivity index (χ4v) is 13.1. The van der Waals surface area contributed by atoms with E-state index in [9.17, 15) is 39.6 Å². The first-order valence-corrected chi connectivity index (χ1v) is 22.0. The number of hydrogen-bond donors (Lipinski definition) is 5. The Balaban J connectivity index is 0.000000169. The van der Waals surface area contributed by atoms with Gasteiger partial charge in [-0.2, -0.15) is 0 Å². The fourth-order valence-electron chi connectivity index (χ4n) is 13.1. The highest BCUT2D eigenvalue weighted by molar-refractivity contribution is 6.02. The number of carboxylic acids is 1. The fraction of sp³-hybridized carbons (Fsp3) is 0.660. The zero-order valence-electron chi connectivity index (χ0n) is 36.5. The summed E-state index contributed by atoms with van der Waals surface area (Å²) in [5, 5.41) is 46.7. The molecule has 332 valence electrons. The van der Waals surface area contributed by atoms with Gasteiger partial charge in [-0.15, -0.1) is 0 Å². The van der Waals surface area contributed by atoms with Crippen molar-refractivity contribution >= 4 is 34.1 Å². The Bertz CT molecular complexity index is 2330. The number of piperidine rings is 1. The summed E-state index contributed by atoms with van der Waals surface area (Å²) in [5.74, 6) is -3.21. The number of fused-ring (bicyclic) bond motifs is 7.